The van der Waals surface area contributed by atoms with Crippen molar-refractivity contribution in [3.8, 4) is 0 Å². The number of rotatable bonds is 2. The van der Waals surface area contributed by atoms with Gasteiger partial charge in [0.25, 0.3) is 0 Å². The molecule has 2 N–H and O–H groups in total. The number of alkyl carbamates (subject to hydrolysis) is 1. The van der Waals surface area contributed by atoms with Crippen molar-refractivity contribution >= 4 is 6.09 Å². The van der Waals surface area contributed by atoms with Gasteiger partial charge in [-0.2, -0.15) is 0 Å². The Kier molecular flexibility index (Phi) is 3.54. The molecular formula is C15H21NO3. The zero-order valence-electron chi connectivity index (χ0n) is 11.7. The topological polar surface area (TPSA) is 58.6 Å². The van der Waals surface area contributed by atoms with Crippen LogP contribution in [0, 0.1) is 0 Å². The van der Waals surface area contributed by atoms with Crippen LogP contribution >= 0.6 is 0 Å². The summed E-state index contributed by atoms with van der Waals surface area (Å²) >= 11 is 0. The zero-order chi connectivity index (χ0) is 14.1. The van der Waals surface area contributed by atoms with Crippen molar-refractivity contribution in [3.05, 3.63) is 35.4 Å². The van der Waals surface area contributed by atoms with Crippen molar-refractivity contribution in [2.45, 2.75) is 44.8 Å². The Morgan fingerprint density at radius 3 is 2.79 bits per heavy atom. The van der Waals surface area contributed by atoms with Gasteiger partial charge >= 0.3 is 6.09 Å². The molecular weight excluding hydrogens is 242 g/mol. The highest BCUT2D eigenvalue weighted by Gasteiger charge is 2.36. The molecule has 0 aliphatic heterocycles. The molecule has 19 heavy (non-hydrogen) atoms. The van der Waals surface area contributed by atoms with Crippen LogP contribution < -0.4 is 5.32 Å². The molecule has 0 heterocycles. The number of ether oxygens (including phenoxy) is 1. The van der Waals surface area contributed by atoms with Gasteiger partial charge < -0.3 is 15.2 Å². The molecule has 0 radical (unpaired) electrons. The highest BCUT2D eigenvalue weighted by molar-refractivity contribution is 5.67. The highest BCUT2D eigenvalue weighted by Crippen LogP contribution is 2.36. The minimum absolute atomic E-state index is 0.179. The first-order valence-corrected chi connectivity index (χ1v) is 6.58. The fourth-order valence-electron chi connectivity index (χ4n) is 2.38. The second-order valence-corrected chi connectivity index (χ2v) is 6.04. The number of nitrogens with one attached hydrogen (secondary N) is 1. The Hall–Kier alpha value is -1.55. The molecule has 1 aromatic rings. The second kappa shape index (κ2) is 4.85. The first-order chi connectivity index (χ1) is 8.80. The first kappa shape index (κ1) is 13.9. The van der Waals surface area contributed by atoms with Crippen LogP contribution in [0.15, 0.2) is 24.3 Å². The van der Waals surface area contributed by atoms with E-state index in [-0.39, 0.29) is 6.54 Å². The Balaban J connectivity index is 1.99. The van der Waals surface area contributed by atoms with Crippen LogP contribution in [0.25, 0.3) is 0 Å². The fourth-order valence-corrected chi connectivity index (χ4v) is 2.38. The number of hydrogen-bond donors (Lipinski definition) is 2. The van der Waals surface area contributed by atoms with E-state index >= 15 is 0 Å². The molecule has 0 bridgehead atoms. The number of benzene rings is 1. The monoisotopic (exact) mass is 263 g/mol. The van der Waals surface area contributed by atoms with Crippen LogP contribution in [0.3, 0.4) is 0 Å². The predicted molar refractivity (Wildman–Crippen MR) is 72.9 cm³/mol. The molecule has 1 atom stereocenters. The molecule has 1 aliphatic rings. The van der Waals surface area contributed by atoms with Crippen LogP contribution in [0.5, 0.6) is 0 Å². The average molecular weight is 263 g/mol. The Labute approximate surface area is 113 Å². The van der Waals surface area contributed by atoms with Crippen molar-refractivity contribution in [3.63, 3.8) is 0 Å². The van der Waals surface area contributed by atoms with E-state index in [4.69, 9.17) is 4.74 Å². The zero-order valence-corrected chi connectivity index (χ0v) is 11.7. The molecule has 0 fully saturated rings. The van der Waals surface area contributed by atoms with E-state index in [1.165, 1.54) is 0 Å². The maximum absolute atomic E-state index is 11.6. The summed E-state index contributed by atoms with van der Waals surface area (Å²) in [5.74, 6) is 0. The predicted octanol–water partition coefficient (Wildman–Crippen LogP) is 2.35. The number of aryl methyl sites for hydroxylation is 1. The van der Waals surface area contributed by atoms with Crippen LogP contribution in [-0.4, -0.2) is 23.3 Å². The van der Waals surface area contributed by atoms with E-state index in [0.717, 1.165) is 17.5 Å². The van der Waals surface area contributed by atoms with Gasteiger partial charge in [0.15, 0.2) is 0 Å². The Morgan fingerprint density at radius 1 is 1.42 bits per heavy atom. The summed E-state index contributed by atoms with van der Waals surface area (Å²) in [5, 5.41) is 13.3. The number of aliphatic hydroxyl groups is 1. The third kappa shape index (κ3) is 3.26. The molecule has 4 nitrogen and oxygen atoms in total. The molecule has 0 saturated heterocycles. The molecule has 0 spiro atoms. The molecule has 1 aliphatic carbocycles. The maximum atomic E-state index is 11.6. The lowest BCUT2D eigenvalue weighted by atomic mass is 9.96. The summed E-state index contributed by atoms with van der Waals surface area (Å²) in [6.45, 7) is 5.61. The van der Waals surface area contributed by atoms with E-state index in [0.29, 0.717) is 6.42 Å². The summed E-state index contributed by atoms with van der Waals surface area (Å²) < 4.78 is 5.17. The van der Waals surface area contributed by atoms with E-state index in [2.05, 4.69) is 5.32 Å². The van der Waals surface area contributed by atoms with Gasteiger partial charge in [-0.25, -0.2) is 4.79 Å². The van der Waals surface area contributed by atoms with Crippen molar-refractivity contribution in [2.75, 3.05) is 6.54 Å². The van der Waals surface area contributed by atoms with Crippen LogP contribution in [0.1, 0.15) is 38.3 Å². The molecule has 1 unspecified atom stereocenters. The summed E-state index contributed by atoms with van der Waals surface area (Å²) in [7, 11) is 0. The third-order valence-corrected chi connectivity index (χ3v) is 3.25. The molecule has 1 aromatic carbocycles. The summed E-state index contributed by atoms with van der Waals surface area (Å²) in [4.78, 5) is 11.6. The number of hydrogen-bond acceptors (Lipinski definition) is 3. The van der Waals surface area contributed by atoms with Gasteiger partial charge in [-0.1, -0.05) is 24.3 Å². The second-order valence-electron chi connectivity index (χ2n) is 6.04. The van der Waals surface area contributed by atoms with Crippen molar-refractivity contribution in [2.24, 2.45) is 0 Å². The molecule has 0 aromatic heterocycles. The van der Waals surface area contributed by atoms with E-state index in [1.807, 2.05) is 45.0 Å². The van der Waals surface area contributed by atoms with E-state index in [1.54, 1.807) is 0 Å². The molecule has 0 saturated carbocycles. The summed E-state index contributed by atoms with van der Waals surface area (Å²) in [5.41, 5.74) is 0.551. The van der Waals surface area contributed by atoms with Gasteiger partial charge in [0.2, 0.25) is 0 Å². The lowest BCUT2D eigenvalue weighted by Gasteiger charge is -2.26. The van der Waals surface area contributed by atoms with E-state index < -0.39 is 17.3 Å². The van der Waals surface area contributed by atoms with Crippen LogP contribution in [0.2, 0.25) is 0 Å². The lowest BCUT2D eigenvalue weighted by molar-refractivity contribution is 0.0226. The van der Waals surface area contributed by atoms with Crippen LogP contribution in [-0.2, 0) is 16.8 Å². The normalized spacial score (nSPS) is 21.9. The first-order valence-electron chi connectivity index (χ1n) is 6.58. The summed E-state index contributed by atoms with van der Waals surface area (Å²) in [6.07, 6.45) is 0.968. The number of amides is 1. The smallest absolute Gasteiger partial charge is 0.407 e. The Bertz CT molecular complexity index is 479. The molecule has 1 amide bonds. The minimum atomic E-state index is -0.979. The molecule has 104 valence electrons. The van der Waals surface area contributed by atoms with Crippen molar-refractivity contribution in [1.29, 1.82) is 0 Å². The van der Waals surface area contributed by atoms with Crippen molar-refractivity contribution < 1.29 is 14.6 Å². The Morgan fingerprint density at radius 2 is 2.11 bits per heavy atom. The van der Waals surface area contributed by atoms with Gasteiger partial charge in [0.1, 0.15) is 11.2 Å². The van der Waals surface area contributed by atoms with Crippen LogP contribution in [0.4, 0.5) is 4.79 Å². The lowest BCUT2D eigenvalue weighted by Crippen LogP contribution is -2.41. The summed E-state index contributed by atoms with van der Waals surface area (Å²) in [6, 6.07) is 7.80. The average Bonchev–Trinajstić information content (AvgIpc) is 2.64. The maximum Gasteiger partial charge on any atom is 0.407 e. The SMILES string of the molecule is CC(C)(C)OC(=O)NCC1(O)CCc2ccccc21. The van der Waals surface area contributed by atoms with Gasteiger partial charge in [-0.15, -0.1) is 0 Å². The molecule has 2 rings (SSSR count). The van der Waals surface area contributed by atoms with Gasteiger partial charge in [-0.3, -0.25) is 0 Å². The highest BCUT2D eigenvalue weighted by atomic mass is 16.6. The quantitative estimate of drug-likeness (QED) is 0.861. The number of carbonyl (C=O) groups is 1. The van der Waals surface area contributed by atoms with E-state index in [9.17, 15) is 9.90 Å². The number of fused-ring (bicyclic) bond motifs is 1. The minimum Gasteiger partial charge on any atom is -0.444 e. The standard InChI is InChI=1S/C15H21NO3/c1-14(2,3)19-13(17)16-10-15(18)9-8-11-6-4-5-7-12(11)15/h4-7,18H,8-10H2,1-3H3,(H,16,17). The number of carbonyl (C=O) groups excluding carboxylic acids is 1. The fraction of sp³-hybridized carbons (Fsp3) is 0.533. The molecule has 4 heteroatoms. The largest absolute Gasteiger partial charge is 0.444 e. The van der Waals surface area contributed by atoms with Gasteiger partial charge in [0, 0.05) is 0 Å². The van der Waals surface area contributed by atoms with Crippen molar-refractivity contribution in [1.82, 2.24) is 5.32 Å². The van der Waals surface area contributed by atoms with Gasteiger partial charge in [0.05, 0.1) is 6.54 Å². The van der Waals surface area contributed by atoms with Gasteiger partial charge in [-0.05, 0) is 44.7 Å². The third-order valence-electron chi connectivity index (χ3n) is 3.25.